The van der Waals surface area contributed by atoms with E-state index in [4.69, 9.17) is 9.72 Å². The van der Waals surface area contributed by atoms with Gasteiger partial charge in [-0.2, -0.15) is 0 Å². The van der Waals surface area contributed by atoms with Crippen molar-refractivity contribution in [3.63, 3.8) is 0 Å². The fourth-order valence-corrected chi connectivity index (χ4v) is 4.32. The Balaban J connectivity index is 1.53. The van der Waals surface area contributed by atoms with Crippen molar-refractivity contribution in [3.05, 3.63) is 77.5 Å². The molecular formula is C21H16N2OS. The fraction of sp³-hybridized carbons (Fsp3) is 0.143. The average molecular weight is 344 g/mol. The summed E-state index contributed by atoms with van der Waals surface area (Å²) < 4.78 is 6.03. The first-order valence-electron chi connectivity index (χ1n) is 8.32. The Morgan fingerprint density at radius 1 is 1.12 bits per heavy atom. The second-order valence-corrected chi connectivity index (χ2v) is 7.22. The van der Waals surface area contributed by atoms with Gasteiger partial charge in [0, 0.05) is 40.4 Å². The number of benzene rings is 1. The molecule has 5 rings (SSSR count). The molecule has 0 saturated carbocycles. The second kappa shape index (κ2) is 5.67. The van der Waals surface area contributed by atoms with Crippen LogP contribution >= 0.6 is 11.3 Å². The van der Waals surface area contributed by atoms with Crippen LogP contribution < -0.4 is 4.74 Å². The first-order valence-corrected chi connectivity index (χ1v) is 9.20. The summed E-state index contributed by atoms with van der Waals surface area (Å²) in [5.74, 6) is 1.28. The standard InChI is InChI=1S/C21H16N2OS/c1-13-8-9-22-11-17(13)21-23-18(12-25-21)14-6-7-20-16(10-14)15-4-2-3-5-19(15)24-20/h2-12,15,19H,1H3. The van der Waals surface area contributed by atoms with Gasteiger partial charge in [0.1, 0.15) is 16.9 Å². The van der Waals surface area contributed by atoms with Crippen LogP contribution in [0.25, 0.3) is 21.8 Å². The Morgan fingerprint density at radius 2 is 2.04 bits per heavy atom. The Morgan fingerprint density at radius 3 is 2.96 bits per heavy atom. The van der Waals surface area contributed by atoms with Crippen LogP contribution in [-0.4, -0.2) is 16.1 Å². The highest BCUT2D eigenvalue weighted by Gasteiger charge is 2.32. The molecule has 25 heavy (non-hydrogen) atoms. The fourth-order valence-electron chi connectivity index (χ4n) is 3.42. The molecule has 1 aromatic carbocycles. The minimum Gasteiger partial charge on any atom is -0.485 e. The minimum absolute atomic E-state index is 0.124. The van der Waals surface area contributed by atoms with Gasteiger partial charge in [0.2, 0.25) is 0 Å². The summed E-state index contributed by atoms with van der Waals surface area (Å²) in [7, 11) is 0. The van der Waals surface area contributed by atoms with Crippen molar-refractivity contribution >= 4 is 11.3 Å². The molecule has 0 N–H and O–H groups in total. The first-order chi connectivity index (χ1) is 12.3. The predicted octanol–water partition coefficient (Wildman–Crippen LogP) is 5.15. The molecule has 2 aromatic heterocycles. The van der Waals surface area contributed by atoms with E-state index in [1.54, 1.807) is 11.3 Å². The van der Waals surface area contributed by atoms with E-state index < -0.39 is 0 Å². The van der Waals surface area contributed by atoms with Gasteiger partial charge in [-0.05, 0) is 42.8 Å². The molecule has 0 fully saturated rings. The number of rotatable bonds is 2. The van der Waals surface area contributed by atoms with Gasteiger partial charge in [-0.3, -0.25) is 4.98 Å². The van der Waals surface area contributed by atoms with Crippen LogP contribution in [0.2, 0.25) is 0 Å². The van der Waals surface area contributed by atoms with Crippen molar-refractivity contribution in [1.82, 2.24) is 9.97 Å². The molecule has 0 amide bonds. The molecule has 1 aliphatic carbocycles. The van der Waals surface area contributed by atoms with Gasteiger partial charge in [-0.15, -0.1) is 11.3 Å². The van der Waals surface area contributed by atoms with Crippen LogP contribution in [-0.2, 0) is 0 Å². The maximum Gasteiger partial charge on any atom is 0.128 e. The number of aryl methyl sites for hydroxylation is 1. The van der Waals surface area contributed by atoms with E-state index in [9.17, 15) is 0 Å². The maximum absolute atomic E-state index is 6.03. The number of ether oxygens (including phenoxy) is 1. The van der Waals surface area contributed by atoms with Crippen LogP contribution in [0.3, 0.4) is 0 Å². The Hall–Kier alpha value is -2.72. The lowest BCUT2D eigenvalue weighted by atomic mass is 9.91. The Bertz CT molecular complexity index is 1020. The number of aromatic nitrogens is 2. The summed E-state index contributed by atoms with van der Waals surface area (Å²) in [6.45, 7) is 2.09. The van der Waals surface area contributed by atoms with E-state index in [1.165, 1.54) is 11.1 Å². The Kier molecular flexibility index (Phi) is 3.31. The van der Waals surface area contributed by atoms with Crippen LogP contribution in [0.15, 0.2) is 66.3 Å². The van der Waals surface area contributed by atoms with Crippen molar-refractivity contribution in [3.8, 4) is 27.6 Å². The van der Waals surface area contributed by atoms with E-state index in [-0.39, 0.29) is 6.10 Å². The molecule has 2 aliphatic rings. The summed E-state index contributed by atoms with van der Waals surface area (Å²) >= 11 is 1.66. The molecule has 2 unspecified atom stereocenters. The number of fused-ring (bicyclic) bond motifs is 3. The summed E-state index contributed by atoms with van der Waals surface area (Å²) in [6, 6.07) is 8.40. The molecule has 3 aromatic rings. The molecule has 3 nitrogen and oxygen atoms in total. The van der Waals surface area contributed by atoms with E-state index >= 15 is 0 Å². The lowest BCUT2D eigenvalue weighted by molar-refractivity contribution is 0.269. The average Bonchev–Trinajstić information content (AvgIpc) is 3.26. The summed E-state index contributed by atoms with van der Waals surface area (Å²) in [6.07, 6.45) is 12.3. The van der Waals surface area contributed by atoms with Crippen molar-refractivity contribution in [1.29, 1.82) is 0 Å². The van der Waals surface area contributed by atoms with E-state index in [0.29, 0.717) is 5.92 Å². The highest BCUT2D eigenvalue weighted by atomic mass is 32.1. The topological polar surface area (TPSA) is 35.0 Å². The second-order valence-electron chi connectivity index (χ2n) is 6.36. The quantitative estimate of drug-likeness (QED) is 0.645. The van der Waals surface area contributed by atoms with Crippen LogP contribution in [0.4, 0.5) is 0 Å². The molecule has 0 radical (unpaired) electrons. The lowest BCUT2D eigenvalue weighted by Gasteiger charge is -2.14. The van der Waals surface area contributed by atoms with Gasteiger partial charge in [0.05, 0.1) is 5.69 Å². The molecule has 122 valence electrons. The molecule has 2 atom stereocenters. The van der Waals surface area contributed by atoms with Crippen LogP contribution in [0, 0.1) is 6.92 Å². The predicted molar refractivity (Wildman–Crippen MR) is 101 cm³/mol. The van der Waals surface area contributed by atoms with Crippen LogP contribution in [0.1, 0.15) is 17.0 Å². The van der Waals surface area contributed by atoms with Gasteiger partial charge in [-0.25, -0.2) is 4.98 Å². The zero-order valence-corrected chi connectivity index (χ0v) is 14.5. The molecular weight excluding hydrogens is 328 g/mol. The third-order valence-electron chi connectivity index (χ3n) is 4.79. The molecule has 0 saturated heterocycles. The van der Waals surface area contributed by atoms with Crippen molar-refractivity contribution in [2.75, 3.05) is 0 Å². The number of hydrogen-bond donors (Lipinski definition) is 0. The van der Waals surface area contributed by atoms with Gasteiger partial charge in [0.15, 0.2) is 0 Å². The number of thiazole rings is 1. The zero-order chi connectivity index (χ0) is 16.8. The molecule has 0 spiro atoms. The van der Waals surface area contributed by atoms with E-state index in [0.717, 1.165) is 27.6 Å². The van der Waals surface area contributed by atoms with E-state index in [1.807, 2.05) is 18.5 Å². The lowest BCUT2D eigenvalue weighted by Crippen LogP contribution is -2.15. The smallest absolute Gasteiger partial charge is 0.128 e. The van der Waals surface area contributed by atoms with Crippen molar-refractivity contribution in [2.45, 2.75) is 18.9 Å². The minimum atomic E-state index is 0.124. The third-order valence-corrected chi connectivity index (χ3v) is 5.66. The van der Waals surface area contributed by atoms with Gasteiger partial charge in [0.25, 0.3) is 0 Å². The monoisotopic (exact) mass is 344 g/mol. The largest absolute Gasteiger partial charge is 0.485 e. The Labute approximate surface area is 150 Å². The molecule has 1 aliphatic heterocycles. The summed E-state index contributed by atoms with van der Waals surface area (Å²) in [5.41, 5.74) is 5.68. The summed E-state index contributed by atoms with van der Waals surface area (Å²) in [5, 5.41) is 3.13. The van der Waals surface area contributed by atoms with Gasteiger partial charge < -0.3 is 4.74 Å². The normalized spacial score (nSPS) is 20.2. The van der Waals surface area contributed by atoms with E-state index in [2.05, 4.69) is 59.8 Å². The number of allylic oxidation sites excluding steroid dienone is 2. The number of hydrogen-bond acceptors (Lipinski definition) is 4. The first kappa shape index (κ1) is 14.6. The number of nitrogens with zero attached hydrogens (tertiary/aromatic N) is 2. The maximum atomic E-state index is 6.03. The van der Waals surface area contributed by atoms with Gasteiger partial charge >= 0.3 is 0 Å². The zero-order valence-electron chi connectivity index (χ0n) is 13.7. The molecule has 3 heterocycles. The molecule has 4 heteroatoms. The van der Waals surface area contributed by atoms with Crippen molar-refractivity contribution in [2.24, 2.45) is 0 Å². The van der Waals surface area contributed by atoms with Gasteiger partial charge in [-0.1, -0.05) is 18.2 Å². The number of pyridine rings is 1. The SMILES string of the molecule is Cc1ccncc1-c1nc(-c2ccc3c(c2)C2C=CC=CC2O3)cs1. The molecule has 0 bridgehead atoms. The van der Waals surface area contributed by atoms with Crippen molar-refractivity contribution < 1.29 is 4.74 Å². The van der Waals surface area contributed by atoms with Crippen LogP contribution in [0.5, 0.6) is 5.75 Å². The summed E-state index contributed by atoms with van der Waals surface area (Å²) in [4.78, 5) is 9.08. The highest BCUT2D eigenvalue weighted by Crippen LogP contribution is 2.43. The highest BCUT2D eigenvalue weighted by molar-refractivity contribution is 7.13. The third kappa shape index (κ3) is 2.41.